The Morgan fingerprint density at radius 3 is 2.77 bits per heavy atom. The molecule has 0 aliphatic carbocycles. The van der Waals surface area contributed by atoms with Gasteiger partial charge in [-0.1, -0.05) is 0 Å². The quantitative estimate of drug-likeness (QED) is 0.581. The molecular weight excluding hydrogens is 420 g/mol. The van der Waals surface area contributed by atoms with E-state index in [-0.39, 0.29) is 11.4 Å². The molecule has 0 saturated heterocycles. The van der Waals surface area contributed by atoms with Crippen LogP contribution >= 0.6 is 0 Å². The number of rotatable bonds is 3. The molecule has 162 valence electrons. The van der Waals surface area contributed by atoms with Crippen LogP contribution in [0.1, 0.15) is 5.56 Å². The Labute approximate surface area is 173 Å². The molecule has 11 heteroatoms. The summed E-state index contributed by atoms with van der Waals surface area (Å²) in [4.78, 5) is 19.7. The van der Waals surface area contributed by atoms with Gasteiger partial charge >= 0.3 is 12.3 Å². The summed E-state index contributed by atoms with van der Waals surface area (Å²) in [5, 5.41) is 6.28. The van der Waals surface area contributed by atoms with Crippen LogP contribution in [0.5, 0.6) is 5.88 Å². The van der Waals surface area contributed by atoms with Gasteiger partial charge in [0.15, 0.2) is 6.61 Å². The van der Waals surface area contributed by atoms with Crippen molar-refractivity contribution in [2.45, 2.75) is 13.1 Å². The van der Waals surface area contributed by atoms with E-state index in [1.54, 1.807) is 6.07 Å². The second-order valence-electron chi connectivity index (χ2n) is 6.82. The maximum atomic E-state index is 14.8. The Morgan fingerprint density at radius 1 is 1.19 bits per heavy atom. The smallest absolute Gasteiger partial charge is 0.422 e. The Balaban J connectivity index is 1.65. The Morgan fingerprint density at radius 2 is 2.00 bits per heavy atom. The molecule has 0 bridgehead atoms. The molecule has 1 amide bonds. The minimum absolute atomic E-state index is 0.0346. The number of pyridine rings is 2. The first kappa shape index (κ1) is 20.6. The molecule has 1 aliphatic heterocycles. The van der Waals surface area contributed by atoms with Crippen molar-refractivity contribution in [2.75, 3.05) is 30.4 Å². The first-order chi connectivity index (χ1) is 14.7. The lowest BCUT2D eigenvalue weighted by molar-refractivity contribution is -0.159. The fourth-order valence-corrected chi connectivity index (χ4v) is 3.22. The number of carbonyl (C=O) groups excluding carboxylic acids is 1. The number of benzene rings is 1. The van der Waals surface area contributed by atoms with Gasteiger partial charge in [-0.2, -0.15) is 13.2 Å². The Hall–Kier alpha value is -3.63. The molecule has 0 unspecified atom stereocenters. The highest BCUT2D eigenvalue weighted by atomic mass is 19.4. The Bertz CT molecular complexity index is 1170. The molecule has 0 fully saturated rings. The van der Waals surface area contributed by atoms with E-state index in [1.807, 2.05) is 6.92 Å². The zero-order valence-electron chi connectivity index (χ0n) is 16.1. The molecule has 1 aromatic carbocycles. The van der Waals surface area contributed by atoms with E-state index in [2.05, 4.69) is 25.3 Å². The third-order valence-electron chi connectivity index (χ3n) is 4.64. The fourth-order valence-electron chi connectivity index (χ4n) is 3.22. The number of ether oxygens (including phenoxy) is 2. The molecule has 3 heterocycles. The lowest BCUT2D eigenvalue weighted by Crippen LogP contribution is -2.23. The van der Waals surface area contributed by atoms with Gasteiger partial charge in [-0.25, -0.2) is 19.2 Å². The van der Waals surface area contributed by atoms with Crippen LogP contribution < -0.4 is 15.4 Å². The minimum atomic E-state index is -4.64. The average Bonchev–Trinajstić information content (AvgIpc) is 2.72. The highest BCUT2D eigenvalue weighted by Gasteiger charge is 2.29. The predicted molar refractivity (Wildman–Crippen MR) is 105 cm³/mol. The molecule has 0 radical (unpaired) electrons. The number of hydrogen-bond donors (Lipinski definition) is 2. The largest absolute Gasteiger partial charge is 0.474 e. The van der Waals surface area contributed by atoms with Crippen LogP contribution in [-0.4, -0.2) is 42.0 Å². The molecule has 4 rings (SSSR count). The Kier molecular flexibility index (Phi) is 5.25. The molecule has 7 nitrogen and oxygen atoms in total. The standard InChI is InChI=1S/C20H16F4N4O3/c1-10-14(8-27-18-17(10)25-2-3-30-18)13-4-11-6-16(26-7-12(11)5-15(13)21)28-19(29)31-9-20(22,23)24/h4-8,25H,2-3,9H2,1H3,(H,26,28,29). The topological polar surface area (TPSA) is 85.4 Å². The minimum Gasteiger partial charge on any atom is -0.474 e. The van der Waals surface area contributed by atoms with Gasteiger partial charge in [-0.3, -0.25) is 5.32 Å². The summed E-state index contributed by atoms with van der Waals surface area (Å²) in [5.41, 5.74) is 2.26. The number of nitrogens with zero attached hydrogens (tertiary/aromatic N) is 2. The van der Waals surface area contributed by atoms with Crippen molar-refractivity contribution >= 4 is 28.4 Å². The van der Waals surface area contributed by atoms with E-state index in [4.69, 9.17) is 4.74 Å². The first-order valence-electron chi connectivity index (χ1n) is 9.18. The van der Waals surface area contributed by atoms with E-state index in [1.165, 1.54) is 24.5 Å². The van der Waals surface area contributed by atoms with E-state index < -0.39 is 24.7 Å². The zero-order valence-corrected chi connectivity index (χ0v) is 16.1. The van der Waals surface area contributed by atoms with Gasteiger partial charge in [0.1, 0.15) is 23.9 Å². The van der Waals surface area contributed by atoms with Crippen molar-refractivity contribution < 1.29 is 31.8 Å². The zero-order chi connectivity index (χ0) is 22.2. The van der Waals surface area contributed by atoms with Gasteiger partial charge < -0.3 is 14.8 Å². The van der Waals surface area contributed by atoms with E-state index in [0.717, 1.165) is 5.56 Å². The number of halogens is 4. The molecule has 1 aliphatic rings. The van der Waals surface area contributed by atoms with Crippen LogP contribution in [0.25, 0.3) is 21.9 Å². The van der Waals surface area contributed by atoms with Gasteiger partial charge in [-0.15, -0.1) is 0 Å². The summed E-state index contributed by atoms with van der Waals surface area (Å²) in [6.45, 7) is 1.18. The third-order valence-corrected chi connectivity index (χ3v) is 4.64. The lowest BCUT2D eigenvalue weighted by Gasteiger charge is -2.21. The van der Waals surface area contributed by atoms with Crippen LogP contribution in [0.2, 0.25) is 0 Å². The molecule has 0 saturated carbocycles. The SMILES string of the molecule is Cc1c(-c2cc3cc(NC(=O)OCC(F)(F)F)ncc3cc2F)cnc2c1NCCO2. The molecule has 2 N–H and O–H groups in total. The number of aromatic nitrogens is 2. The van der Waals surface area contributed by atoms with Crippen LogP contribution in [0.4, 0.5) is 33.9 Å². The summed E-state index contributed by atoms with van der Waals surface area (Å²) >= 11 is 0. The summed E-state index contributed by atoms with van der Waals surface area (Å²) in [5.74, 6) is -0.0875. The van der Waals surface area contributed by atoms with Gasteiger partial charge in [0.25, 0.3) is 0 Å². The molecule has 2 aromatic heterocycles. The summed E-state index contributed by atoms with van der Waals surface area (Å²) < 4.78 is 60.9. The molecular formula is C20H16F4N4O3. The van der Waals surface area contributed by atoms with Gasteiger partial charge in [0.05, 0.1) is 0 Å². The van der Waals surface area contributed by atoms with Crippen LogP contribution in [0.3, 0.4) is 0 Å². The first-order valence-corrected chi connectivity index (χ1v) is 9.18. The maximum absolute atomic E-state index is 14.8. The van der Waals surface area contributed by atoms with Gasteiger partial charge in [-0.05, 0) is 36.1 Å². The van der Waals surface area contributed by atoms with E-state index in [0.29, 0.717) is 41.1 Å². The molecule has 31 heavy (non-hydrogen) atoms. The number of carbonyl (C=O) groups is 1. The van der Waals surface area contributed by atoms with Crippen molar-refractivity contribution in [1.29, 1.82) is 0 Å². The van der Waals surface area contributed by atoms with Crippen LogP contribution in [-0.2, 0) is 4.74 Å². The van der Waals surface area contributed by atoms with E-state index in [9.17, 15) is 22.4 Å². The number of amides is 1. The second-order valence-corrected chi connectivity index (χ2v) is 6.82. The van der Waals surface area contributed by atoms with Crippen LogP contribution in [0, 0.1) is 12.7 Å². The maximum Gasteiger partial charge on any atom is 0.422 e. The lowest BCUT2D eigenvalue weighted by atomic mass is 9.98. The number of alkyl halides is 3. The van der Waals surface area contributed by atoms with Gasteiger partial charge in [0.2, 0.25) is 5.88 Å². The summed E-state index contributed by atoms with van der Waals surface area (Å²) in [6.07, 6.45) is -3.12. The predicted octanol–water partition coefficient (Wildman–Crippen LogP) is 4.66. The normalized spacial score (nSPS) is 13.2. The highest BCUT2D eigenvalue weighted by molar-refractivity contribution is 5.92. The highest BCUT2D eigenvalue weighted by Crippen LogP contribution is 2.37. The fraction of sp³-hybridized carbons (Fsp3) is 0.250. The summed E-state index contributed by atoms with van der Waals surface area (Å²) in [7, 11) is 0. The number of hydrogen-bond acceptors (Lipinski definition) is 6. The van der Waals surface area contributed by atoms with Crippen molar-refractivity contribution in [3.05, 3.63) is 42.0 Å². The summed E-state index contributed by atoms with van der Waals surface area (Å²) in [6, 6.07) is 4.25. The van der Waals surface area contributed by atoms with Crippen molar-refractivity contribution in [2.24, 2.45) is 0 Å². The van der Waals surface area contributed by atoms with E-state index >= 15 is 0 Å². The number of nitrogens with one attached hydrogen (secondary N) is 2. The van der Waals surface area contributed by atoms with Crippen molar-refractivity contribution in [3.63, 3.8) is 0 Å². The second kappa shape index (κ2) is 7.89. The molecule has 3 aromatic rings. The monoisotopic (exact) mass is 436 g/mol. The van der Waals surface area contributed by atoms with Crippen molar-refractivity contribution in [1.82, 2.24) is 9.97 Å². The third kappa shape index (κ3) is 4.44. The van der Waals surface area contributed by atoms with Crippen LogP contribution in [0.15, 0.2) is 30.6 Å². The van der Waals surface area contributed by atoms with Crippen molar-refractivity contribution in [3.8, 4) is 17.0 Å². The molecule has 0 spiro atoms. The average molecular weight is 436 g/mol. The molecule has 0 atom stereocenters. The van der Waals surface area contributed by atoms with Gasteiger partial charge in [0, 0.05) is 35.5 Å². The number of anilines is 2. The number of fused-ring (bicyclic) bond motifs is 2.